The van der Waals surface area contributed by atoms with Crippen molar-refractivity contribution in [2.24, 2.45) is 5.73 Å². The summed E-state index contributed by atoms with van der Waals surface area (Å²) >= 11 is 0. The van der Waals surface area contributed by atoms with E-state index in [1.165, 1.54) is 18.4 Å². The molecule has 0 radical (unpaired) electrons. The summed E-state index contributed by atoms with van der Waals surface area (Å²) in [5, 5.41) is 3.53. The van der Waals surface area contributed by atoms with E-state index in [1.807, 2.05) is 0 Å². The third-order valence-electron chi connectivity index (χ3n) is 3.07. The quantitative estimate of drug-likeness (QED) is 0.757. The molecule has 3 N–H and O–H groups in total. The average Bonchev–Trinajstić information content (AvgIpc) is 2.74. The maximum absolute atomic E-state index is 5.84. The van der Waals surface area contributed by atoms with Crippen LogP contribution < -0.4 is 11.1 Å². The van der Waals surface area contributed by atoms with E-state index in [1.54, 1.807) is 0 Å². The number of benzene rings is 1. The SMILES string of the molecule is NC[C@H](c1ccccc1)[C@H]1CCCN1. The Balaban J connectivity index is 2.12. The lowest BCUT2D eigenvalue weighted by Crippen LogP contribution is -2.33. The van der Waals surface area contributed by atoms with Gasteiger partial charge in [0, 0.05) is 18.5 Å². The minimum atomic E-state index is 0.485. The molecule has 0 aromatic heterocycles. The van der Waals surface area contributed by atoms with Crippen LogP contribution in [-0.2, 0) is 0 Å². The highest BCUT2D eigenvalue weighted by atomic mass is 14.9. The van der Waals surface area contributed by atoms with Gasteiger partial charge in [-0.25, -0.2) is 0 Å². The Labute approximate surface area is 85.5 Å². The molecule has 1 heterocycles. The lowest BCUT2D eigenvalue weighted by molar-refractivity contribution is 0.494. The molecule has 0 aliphatic carbocycles. The fraction of sp³-hybridized carbons (Fsp3) is 0.500. The molecule has 0 saturated carbocycles. The van der Waals surface area contributed by atoms with Crippen molar-refractivity contribution in [2.45, 2.75) is 24.8 Å². The van der Waals surface area contributed by atoms with Gasteiger partial charge in [-0.3, -0.25) is 0 Å². The van der Waals surface area contributed by atoms with Crippen LogP contribution in [-0.4, -0.2) is 19.1 Å². The van der Waals surface area contributed by atoms with Gasteiger partial charge < -0.3 is 11.1 Å². The number of nitrogens with one attached hydrogen (secondary N) is 1. The van der Waals surface area contributed by atoms with Gasteiger partial charge in [-0.05, 0) is 24.9 Å². The van der Waals surface area contributed by atoms with Crippen LogP contribution in [0, 0.1) is 0 Å². The molecule has 0 amide bonds. The van der Waals surface area contributed by atoms with Gasteiger partial charge in [0.2, 0.25) is 0 Å². The molecule has 2 rings (SSSR count). The van der Waals surface area contributed by atoms with Crippen LogP contribution in [0.2, 0.25) is 0 Å². The largest absolute Gasteiger partial charge is 0.330 e. The van der Waals surface area contributed by atoms with E-state index in [2.05, 4.69) is 35.6 Å². The molecular weight excluding hydrogens is 172 g/mol. The number of hydrogen-bond donors (Lipinski definition) is 2. The van der Waals surface area contributed by atoms with Crippen molar-refractivity contribution >= 4 is 0 Å². The van der Waals surface area contributed by atoms with Gasteiger partial charge in [-0.2, -0.15) is 0 Å². The molecule has 1 aliphatic heterocycles. The van der Waals surface area contributed by atoms with Gasteiger partial charge in [0.1, 0.15) is 0 Å². The maximum Gasteiger partial charge on any atom is 0.0148 e. The van der Waals surface area contributed by atoms with E-state index in [-0.39, 0.29) is 0 Å². The Kier molecular flexibility index (Phi) is 3.17. The molecule has 0 unspecified atom stereocenters. The third-order valence-corrected chi connectivity index (χ3v) is 3.07. The Morgan fingerprint density at radius 1 is 1.36 bits per heavy atom. The van der Waals surface area contributed by atoms with Crippen molar-refractivity contribution in [1.82, 2.24) is 5.32 Å². The Morgan fingerprint density at radius 2 is 2.14 bits per heavy atom. The number of nitrogens with two attached hydrogens (primary N) is 1. The van der Waals surface area contributed by atoms with Crippen molar-refractivity contribution in [3.63, 3.8) is 0 Å². The minimum absolute atomic E-state index is 0.485. The fourth-order valence-corrected chi connectivity index (χ4v) is 2.29. The minimum Gasteiger partial charge on any atom is -0.330 e. The van der Waals surface area contributed by atoms with Gasteiger partial charge in [0.25, 0.3) is 0 Å². The van der Waals surface area contributed by atoms with Crippen molar-refractivity contribution < 1.29 is 0 Å². The molecular formula is C12H18N2. The molecule has 2 nitrogen and oxygen atoms in total. The predicted molar refractivity (Wildman–Crippen MR) is 59.3 cm³/mol. The van der Waals surface area contributed by atoms with Gasteiger partial charge in [-0.1, -0.05) is 30.3 Å². The summed E-state index contributed by atoms with van der Waals surface area (Å²) in [7, 11) is 0. The van der Waals surface area contributed by atoms with E-state index in [0.717, 1.165) is 13.1 Å². The Morgan fingerprint density at radius 3 is 2.71 bits per heavy atom. The van der Waals surface area contributed by atoms with Crippen LogP contribution in [0.4, 0.5) is 0 Å². The van der Waals surface area contributed by atoms with Crippen molar-refractivity contribution in [3.05, 3.63) is 35.9 Å². The van der Waals surface area contributed by atoms with Crippen LogP contribution in [0.3, 0.4) is 0 Å². The highest BCUT2D eigenvalue weighted by Crippen LogP contribution is 2.23. The van der Waals surface area contributed by atoms with E-state index < -0.39 is 0 Å². The molecule has 76 valence electrons. The van der Waals surface area contributed by atoms with E-state index >= 15 is 0 Å². The van der Waals surface area contributed by atoms with E-state index in [0.29, 0.717) is 12.0 Å². The van der Waals surface area contributed by atoms with Gasteiger partial charge in [-0.15, -0.1) is 0 Å². The summed E-state index contributed by atoms with van der Waals surface area (Å²) in [6.45, 7) is 1.88. The highest BCUT2D eigenvalue weighted by molar-refractivity contribution is 5.22. The van der Waals surface area contributed by atoms with Crippen molar-refractivity contribution in [1.29, 1.82) is 0 Å². The molecule has 1 fully saturated rings. The normalized spacial score (nSPS) is 23.6. The first kappa shape index (κ1) is 9.69. The molecule has 1 aromatic rings. The summed E-state index contributed by atoms with van der Waals surface area (Å²) in [6, 6.07) is 11.2. The molecule has 0 bridgehead atoms. The summed E-state index contributed by atoms with van der Waals surface area (Å²) in [5.41, 5.74) is 7.21. The molecule has 1 aliphatic rings. The molecule has 14 heavy (non-hydrogen) atoms. The van der Waals surface area contributed by atoms with Gasteiger partial charge in [0.15, 0.2) is 0 Å². The second-order valence-corrected chi connectivity index (χ2v) is 3.96. The van der Waals surface area contributed by atoms with Crippen LogP contribution in [0.5, 0.6) is 0 Å². The zero-order valence-electron chi connectivity index (χ0n) is 8.45. The first-order valence-electron chi connectivity index (χ1n) is 5.40. The first-order chi connectivity index (χ1) is 6.92. The molecule has 2 atom stereocenters. The maximum atomic E-state index is 5.84. The monoisotopic (exact) mass is 190 g/mol. The highest BCUT2D eigenvalue weighted by Gasteiger charge is 2.24. The molecule has 1 saturated heterocycles. The lowest BCUT2D eigenvalue weighted by Gasteiger charge is -2.22. The second kappa shape index (κ2) is 4.58. The van der Waals surface area contributed by atoms with E-state index in [4.69, 9.17) is 5.73 Å². The average molecular weight is 190 g/mol. The second-order valence-electron chi connectivity index (χ2n) is 3.96. The van der Waals surface area contributed by atoms with Crippen molar-refractivity contribution in [3.8, 4) is 0 Å². The summed E-state index contributed by atoms with van der Waals surface area (Å²) in [4.78, 5) is 0. The molecule has 0 spiro atoms. The van der Waals surface area contributed by atoms with Crippen LogP contribution in [0.25, 0.3) is 0 Å². The number of rotatable bonds is 3. The standard InChI is InChI=1S/C12H18N2/c13-9-11(12-7-4-8-14-12)10-5-2-1-3-6-10/h1-3,5-6,11-12,14H,4,7-9,13H2/t11-,12-/m1/s1. The molecule has 1 aromatic carbocycles. The Hall–Kier alpha value is -0.860. The van der Waals surface area contributed by atoms with Crippen LogP contribution in [0.1, 0.15) is 24.3 Å². The third kappa shape index (κ3) is 1.97. The van der Waals surface area contributed by atoms with Gasteiger partial charge >= 0.3 is 0 Å². The molecule has 2 heteroatoms. The van der Waals surface area contributed by atoms with Crippen LogP contribution >= 0.6 is 0 Å². The summed E-state index contributed by atoms with van der Waals surface area (Å²) < 4.78 is 0. The smallest absolute Gasteiger partial charge is 0.0148 e. The summed E-state index contributed by atoms with van der Waals surface area (Å²) in [6.07, 6.45) is 2.55. The van der Waals surface area contributed by atoms with Gasteiger partial charge in [0.05, 0.1) is 0 Å². The summed E-state index contributed by atoms with van der Waals surface area (Å²) in [5.74, 6) is 0.485. The Bertz CT molecular complexity index is 265. The number of hydrogen-bond acceptors (Lipinski definition) is 2. The van der Waals surface area contributed by atoms with E-state index in [9.17, 15) is 0 Å². The zero-order chi connectivity index (χ0) is 9.80. The van der Waals surface area contributed by atoms with Crippen molar-refractivity contribution in [2.75, 3.05) is 13.1 Å². The first-order valence-corrected chi connectivity index (χ1v) is 5.40. The lowest BCUT2D eigenvalue weighted by atomic mass is 9.91. The van der Waals surface area contributed by atoms with Crippen LogP contribution in [0.15, 0.2) is 30.3 Å². The fourth-order valence-electron chi connectivity index (χ4n) is 2.29. The zero-order valence-corrected chi connectivity index (χ0v) is 8.45. The topological polar surface area (TPSA) is 38.0 Å². The predicted octanol–water partition coefficient (Wildman–Crippen LogP) is 1.48.